The third kappa shape index (κ3) is 3.04. The summed E-state index contributed by atoms with van der Waals surface area (Å²) < 4.78 is 7.34. The highest BCUT2D eigenvalue weighted by atomic mass is 16.5. The van der Waals surface area contributed by atoms with Gasteiger partial charge in [0.1, 0.15) is 18.2 Å². The summed E-state index contributed by atoms with van der Waals surface area (Å²) in [6.45, 7) is 2.71. The van der Waals surface area contributed by atoms with Crippen LogP contribution in [0.15, 0.2) is 24.3 Å². The van der Waals surface area contributed by atoms with Gasteiger partial charge in [-0.25, -0.2) is 9.67 Å². The van der Waals surface area contributed by atoms with Crippen molar-refractivity contribution in [3.8, 4) is 5.75 Å². The molecule has 1 N–H and O–H groups in total. The average molecular weight is 287 g/mol. The van der Waals surface area contributed by atoms with E-state index in [0.29, 0.717) is 31.8 Å². The summed E-state index contributed by atoms with van der Waals surface area (Å²) in [6.07, 6.45) is 1.26. The maximum Gasteiger partial charge on any atom is 0.308 e. The quantitative estimate of drug-likeness (QED) is 0.928. The van der Waals surface area contributed by atoms with Crippen molar-refractivity contribution in [3.63, 3.8) is 0 Å². The Bertz CT molecular complexity index is 649. The number of nitrogens with zero attached hydrogens (tertiary/aromatic N) is 3. The molecule has 110 valence electrons. The highest BCUT2D eigenvalue weighted by Crippen LogP contribution is 2.19. The number of fused-ring (bicyclic) bond motifs is 1. The molecule has 1 aliphatic rings. The van der Waals surface area contributed by atoms with Crippen LogP contribution in [0.2, 0.25) is 0 Å². The average Bonchev–Trinajstić information content (AvgIpc) is 2.88. The van der Waals surface area contributed by atoms with Crippen LogP contribution >= 0.6 is 0 Å². The van der Waals surface area contributed by atoms with Crippen molar-refractivity contribution < 1.29 is 14.6 Å². The Hall–Kier alpha value is -2.37. The Morgan fingerprint density at radius 2 is 2.19 bits per heavy atom. The number of aryl methyl sites for hydroxylation is 2. The summed E-state index contributed by atoms with van der Waals surface area (Å²) in [5.74, 6) is 1.07. The fraction of sp³-hybridized carbons (Fsp3) is 0.400. The molecule has 2 aromatic rings. The van der Waals surface area contributed by atoms with E-state index in [1.807, 2.05) is 31.2 Å². The van der Waals surface area contributed by atoms with Gasteiger partial charge in [0, 0.05) is 6.42 Å². The largest absolute Gasteiger partial charge is 0.486 e. The molecule has 2 heterocycles. The van der Waals surface area contributed by atoms with E-state index in [-0.39, 0.29) is 5.92 Å². The number of aliphatic carboxylic acids is 1. The number of aromatic nitrogens is 3. The lowest BCUT2D eigenvalue weighted by Gasteiger charge is -2.18. The molecule has 0 amide bonds. The molecule has 6 nitrogen and oxygen atoms in total. The van der Waals surface area contributed by atoms with Gasteiger partial charge in [-0.15, -0.1) is 0 Å². The molecule has 1 atom stereocenters. The summed E-state index contributed by atoms with van der Waals surface area (Å²) in [5.41, 5.74) is 1.18. The second-order valence-electron chi connectivity index (χ2n) is 5.30. The number of hydrogen-bond acceptors (Lipinski definition) is 4. The molecule has 0 spiro atoms. The van der Waals surface area contributed by atoms with E-state index in [0.717, 1.165) is 11.6 Å². The number of carboxylic acids is 1. The smallest absolute Gasteiger partial charge is 0.308 e. The second-order valence-corrected chi connectivity index (χ2v) is 5.30. The molecule has 3 rings (SSSR count). The minimum absolute atomic E-state index is 0.292. The first-order valence-corrected chi connectivity index (χ1v) is 6.96. The third-order valence-corrected chi connectivity index (χ3v) is 3.64. The van der Waals surface area contributed by atoms with Crippen molar-refractivity contribution in [3.05, 3.63) is 41.5 Å². The van der Waals surface area contributed by atoms with Gasteiger partial charge in [-0.05, 0) is 25.5 Å². The van der Waals surface area contributed by atoms with Crippen molar-refractivity contribution in [1.82, 2.24) is 14.8 Å². The summed E-state index contributed by atoms with van der Waals surface area (Å²) in [7, 11) is 0. The van der Waals surface area contributed by atoms with E-state index in [9.17, 15) is 4.79 Å². The topological polar surface area (TPSA) is 77.2 Å². The van der Waals surface area contributed by atoms with Crippen LogP contribution in [0.5, 0.6) is 5.75 Å². The fourth-order valence-electron chi connectivity index (χ4n) is 2.41. The zero-order valence-electron chi connectivity index (χ0n) is 11.8. The Kier molecular flexibility index (Phi) is 3.60. The number of ether oxygens (including phenoxy) is 1. The number of carbonyl (C=O) groups is 1. The van der Waals surface area contributed by atoms with Gasteiger partial charge in [0.25, 0.3) is 0 Å². The summed E-state index contributed by atoms with van der Waals surface area (Å²) in [5, 5.41) is 13.4. The zero-order chi connectivity index (χ0) is 14.8. The Balaban J connectivity index is 1.65. The van der Waals surface area contributed by atoms with Gasteiger partial charge in [0.2, 0.25) is 0 Å². The molecular weight excluding hydrogens is 270 g/mol. The normalized spacial score (nSPS) is 17.3. The molecule has 0 saturated heterocycles. The molecule has 1 unspecified atom stereocenters. The second kappa shape index (κ2) is 5.55. The van der Waals surface area contributed by atoms with Gasteiger partial charge < -0.3 is 9.84 Å². The Morgan fingerprint density at radius 1 is 1.43 bits per heavy atom. The van der Waals surface area contributed by atoms with E-state index in [4.69, 9.17) is 9.84 Å². The van der Waals surface area contributed by atoms with Crippen LogP contribution in [0.25, 0.3) is 0 Å². The van der Waals surface area contributed by atoms with Crippen LogP contribution in [-0.2, 0) is 24.4 Å². The minimum Gasteiger partial charge on any atom is -0.486 e. The van der Waals surface area contributed by atoms with Crippen LogP contribution < -0.4 is 4.74 Å². The van der Waals surface area contributed by atoms with Gasteiger partial charge in [0.15, 0.2) is 5.82 Å². The number of carboxylic acid groups (broad SMARTS) is 1. The molecule has 6 heteroatoms. The standard InChI is InChI=1S/C15H17N3O3/c1-10-2-5-12(6-3-10)21-9-13-16-14-7-4-11(15(19)20)8-18(14)17-13/h2-3,5-6,11H,4,7-9H2,1H3,(H,19,20). The van der Waals surface area contributed by atoms with Crippen molar-refractivity contribution in [2.24, 2.45) is 5.92 Å². The van der Waals surface area contributed by atoms with E-state index in [1.54, 1.807) is 4.68 Å². The first-order valence-electron chi connectivity index (χ1n) is 6.96. The minimum atomic E-state index is -0.770. The van der Waals surface area contributed by atoms with Crippen molar-refractivity contribution in [2.45, 2.75) is 32.9 Å². The lowest BCUT2D eigenvalue weighted by molar-refractivity contribution is -0.142. The summed E-state index contributed by atoms with van der Waals surface area (Å²) >= 11 is 0. The van der Waals surface area contributed by atoms with E-state index in [2.05, 4.69) is 10.1 Å². The molecule has 0 saturated carbocycles. The van der Waals surface area contributed by atoms with E-state index < -0.39 is 5.97 Å². The van der Waals surface area contributed by atoms with Gasteiger partial charge in [-0.1, -0.05) is 17.7 Å². The first-order chi connectivity index (χ1) is 10.1. The van der Waals surface area contributed by atoms with Crippen molar-refractivity contribution >= 4 is 5.97 Å². The molecule has 0 aliphatic carbocycles. The Morgan fingerprint density at radius 3 is 2.90 bits per heavy atom. The SMILES string of the molecule is Cc1ccc(OCc2nc3n(n2)CC(C(=O)O)CC3)cc1. The van der Waals surface area contributed by atoms with Crippen LogP contribution in [0.1, 0.15) is 23.6 Å². The third-order valence-electron chi connectivity index (χ3n) is 3.64. The monoisotopic (exact) mass is 287 g/mol. The number of benzene rings is 1. The predicted octanol–water partition coefficient (Wildman–Crippen LogP) is 1.81. The van der Waals surface area contributed by atoms with Crippen LogP contribution in [0, 0.1) is 12.8 Å². The number of rotatable bonds is 4. The zero-order valence-corrected chi connectivity index (χ0v) is 11.8. The first kappa shape index (κ1) is 13.6. The van der Waals surface area contributed by atoms with E-state index in [1.165, 1.54) is 5.56 Å². The lowest BCUT2D eigenvalue weighted by Crippen LogP contribution is -2.27. The van der Waals surface area contributed by atoms with Gasteiger partial charge in [0.05, 0.1) is 12.5 Å². The van der Waals surface area contributed by atoms with E-state index >= 15 is 0 Å². The van der Waals surface area contributed by atoms with Gasteiger partial charge >= 0.3 is 5.97 Å². The van der Waals surface area contributed by atoms with Crippen molar-refractivity contribution in [2.75, 3.05) is 0 Å². The van der Waals surface area contributed by atoms with Crippen LogP contribution in [-0.4, -0.2) is 25.8 Å². The van der Waals surface area contributed by atoms with Gasteiger partial charge in [-0.2, -0.15) is 5.10 Å². The molecule has 0 fully saturated rings. The molecule has 1 aromatic heterocycles. The highest BCUT2D eigenvalue weighted by Gasteiger charge is 2.26. The summed E-state index contributed by atoms with van der Waals surface area (Å²) in [6, 6.07) is 7.79. The van der Waals surface area contributed by atoms with Crippen LogP contribution in [0.4, 0.5) is 0 Å². The maximum atomic E-state index is 11.0. The lowest BCUT2D eigenvalue weighted by atomic mass is 10.0. The molecule has 0 radical (unpaired) electrons. The molecule has 1 aromatic carbocycles. The number of hydrogen-bond donors (Lipinski definition) is 1. The van der Waals surface area contributed by atoms with Crippen molar-refractivity contribution in [1.29, 1.82) is 0 Å². The summed E-state index contributed by atoms with van der Waals surface area (Å²) in [4.78, 5) is 15.4. The van der Waals surface area contributed by atoms with Gasteiger partial charge in [-0.3, -0.25) is 4.79 Å². The molecule has 0 bridgehead atoms. The fourth-order valence-corrected chi connectivity index (χ4v) is 2.41. The molecule has 21 heavy (non-hydrogen) atoms. The Labute approximate surface area is 122 Å². The highest BCUT2D eigenvalue weighted by molar-refractivity contribution is 5.70. The molecular formula is C15H17N3O3. The molecule has 1 aliphatic heterocycles. The van der Waals surface area contributed by atoms with Crippen LogP contribution in [0.3, 0.4) is 0 Å². The predicted molar refractivity (Wildman–Crippen MR) is 75.0 cm³/mol. The maximum absolute atomic E-state index is 11.0.